The number of carbonyl (C=O) groups excluding carboxylic acids is 2. The zero-order valence-corrected chi connectivity index (χ0v) is 14.9. The van der Waals surface area contributed by atoms with Crippen LogP contribution in [0, 0.1) is 18.7 Å². The highest BCUT2D eigenvalue weighted by molar-refractivity contribution is 5.92. The number of piperidine rings is 1. The lowest BCUT2D eigenvalue weighted by Gasteiger charge is -2.31. The Morgan fingerprint density at radius 1 is 1.08 bits per heavy atom. The summed E-state index contributed by atoms with van der Waals surface area (Å²) in [4.78, 5) is 26.7. The quantitative estimate of drug-likeness (QED) is 0.913. The van der Waals surface area contributed by atoms with E-state index in [2.05, 4.69) is 5.32 Å². The molecule has 2 aromatic rings. The minimum absolute atomic E-state index is 0.0670. The van der Waals surface area contributed by atoms with Crippen LogP contribution in [0.2, 0.25) is 0 Å². The zero-order valence-electron chi connectivity index (χ0n) is 14.9. The predicted octanol–water partition coefficient (Wildman–Crippen LogP) is 3.55. The van der Waals surface area contributed by atoms with E-state index in [9.17, 15) is 14.0 Å². The Kier molecular flexibility index (Phi) is 5.66. The first kappa shape index (κ1) is 18.1. The summed E-state index contributed by atoms with van der Waals surface area (Å²) in [6.45, 7) is 3.19. The van der Waals surface area contributed by atoms with Crippen molar-refractivity contribution in [1.82, 2.24) is 4.90 Å². The minimum Gasteiger partial charge on any atom is -0.342 e. The summed E-state index contributed by atoms with van der Waals surface area (Å²) in [6, 6.07) is 13.6. The van der Waals surface area contributed by atoms with Gasteiger partial charge in [0.1, 0.15) is 5.82 Å². The molecule has 3 rings (SSSR count). The average molecular weight is 354 g/mol. The molecule has 0 bridgehead atoms. The molecule has 5 heteroatoms. The number of amides is 2. The SMILES string of the molecule is Cc1ccccc1CC(=O)N1CCC(C(=O)Nc2ccc(F)cc2)CC1. The Balaban J connectivity index is 1.50. The summed E-state index contributed by atoms with van der Waals surface area (Å²) in [7, 11) is 0. The molecule has 0 unspecified atom stereocenters. The number of hydrogen-bond donors (Lipinski definition) is 1. The molecule has 1 aliphatic heterocycles. The van der Waals surface area contributed by atoms with Crippen LogP contribution in [0.25, 0.3) is 0 Å². The number of carbonyl (C=O) groups is 2. The van der Waals surface area contributed by atoms with E-state index in [0.717, 1.165) is 11.1 Å². The molecule has 0 aliphatic carbocycles. The number of hydrogen-bond acceptors (Lipinski definition) is 2. The van der Waals surface area contributed by atoms with Gasteiger partial charge < -0.3 is 10.2 Å². The molecule has 1 heterocycles. The van der Waals surface area contributed by atoms with Gasteiger partial charge in [-0.3, -0.25) is 9.59 Å². The zero-order chi connectivity index (χ0) is 18.5. The molecule has 0 spiro atoms. The van der Waals surface area contributed by atoms with Crippen LogP contribution in [-0.4, -0.2) is 29.8 Å². The number of benzene rings is 2. The Labute approximate surface area is 153 Å². The van der Waals surface area contributed by atoms with Crippen molar-refractivity contribution in [1.29, 1.82) is 0 Å². The molecular formula is C21H23FN2O2. The molecule has 0 aromatic heterocycles. The van der Waals surface area contributed by atoms with Crippen molar-refractivity contribution in [3.63, 3.8) is 0 Å². The van der Waals surface area contributed by atoms with E-state index in [4.69, 9.17) is 0 Å². The first-order chi connectivity index (χ1) is 12.5. The maximum Gasteiger partial charge on any atom is 0.227 e. The van der Waals surface area contributed by atoms with E-state index >= 15 is 0 Å². The van der Waals surface area contributed by atoms with Crippen LogP contribution in [-0.2, 0) is 16.0 Å². The van der Waals surface area contributed by atoms with E-state index in [1.165, 1.54) is 12.1 Å². The second kappa shape index (κ2) is 8.13. The van der Waals surface area contributed by atoms with Crippen LogP contribution in [0.1, 0.15) is 24.0 Å². The summed E-state index contributed by atoms with van der Waals surface area (Å²) in [6.07, 6.45) is 1.69. The Morgan fingerprint density at radius 3 is 2.38 bits per heavy atom. The molecule has 2 aromatic carbocycles. The fourth-order valence-corrected chi connectivity index (χ4v) is 3.25. The fourth-order valence-electron chi connectivity index (χ4n) is 3.25. The predicted molar refractivity (Wildman–Crippen MR) is 99.2 cm³/mol. The minimum atomic E-state index is -0.330. The van der Waals surface area contributed by atoms with Gasteiger partial charge in [-0.2, -0.15) is 0 Å². The third-order valence-electron chi connectivity index (χ3n) is 4.93. The van der Waals surface area contributed by atoms with Gasteiger partial charge in [-0.25, -0.2) is 4.39 Å². The molecule has 4 nitrogen and oxygen atoms in total. The van der Waals surface area contributed by atoms with Crippen molar-refractivity contribution in [2.75, 3.05) is 18.4 Å². The second-order valence-corrected chi connectivity index (χ2v) is 6.75. The van der Waals surface area contributed by atoms with Gasteiger partial charge in [0.05, 0.1) is 6.42 Å². The summed E-state index contributed by atoms with van der Waals surface area (Å²) in [5.74, 6) is -0.412. The van der Waals surface area contributed by atoms with Gasteiger partial charge >= 0.3 is 0 Å². The molecule has 136 valence electrons. The van der Waals surface area contributed by atoms with Gasteiger partial charge in [0, 0.05) is 24.7 Å². The summed E-state index contributed by atoms with van der Waals surface area (Å²) in [5.41, 5.74) is 2.76. The molecule has 1 fully saturated rings. The monoisotopic (exact) mass is 354 g/mol. The van der Waals surface area contributed by atoms with Crippen molar-refractivity contribution in [2.24, 2.45) is 5.92 Å². The van der Waals surface area contributed by atoms with E-state index in [-0.39, 0.29) is 23.5 Å². The second-order valence-electron chi connectivity index (χ2n) is 6.75. The van der Waals surface area contributed by atoms with Crippen LogP contribution in [0.4, 0.5) is 10.1 Å². The topological polar surface area (TPSA) is 49.4 Å². The van der Waals surface area contributed by atoms with Gasteiger partial charge in [0.2, 0.25) is 11.8 Å². The van der Waals surface area contributed by atoms with Gasteiger partial charge in [-0.05, 0) is 55.2 Å². The number of rotatable bonds is 4. The lowest BCUT2D eigenvalue weighted by atomic mass is 9.95. The van der Waals surface area contributed by atoms with Gasteiger partial charge in [-0.1, -0.05) is 24.3 Å². The van der Waals surface area contributed by atoms with Crippen LogP contribution in [0.5, 0.6) is 0 Å². The molecule has 1 N–H and O–H groups in total. The molecule has 0 saturated carbocycles. The Morgan fingerprint density at radius 2 is 1.73 bits per heavy atom. The first-order valence-corrected chi connectivity index (χ1v) is 8.91. The molecular weight excluding hydrogens is 331 g/mol. The van der Waals surface area contributed by atoms with Crippen LogP contribution in [0.3, 0.4) is 0 Å². The highest BCUT2D eigenvalue weighted by atomic mass is 19.1. The molecule has 0 atom stereocenters. The number of likely N-dealkylation sites (tertiary alicyclic amines) is 1. The molecule has 2 amide bonds. The molecule has 1 saturated heterocycles. The average Bonchev–Trinajstić information content (AvgIpc) is 2.65. The van der Waals surface area contributed by atoms with Crippen LogP contribution < -0.4 is 5.32 Å². The van der Waals surface area contributed by atoms with E-state index in [1.54, 1.807) is 12.1 Å². The van der Waals surface area contributed by atoms with Crippen molar-refractivity contribution < 1.29 is 14.0 Å². The normalized spacial score (nSPS) is 14.9. The lowest BCUT2D eigenvalue weighted by molar-refractivity contribution is -0.133. The van der Waals surface area contributed by atoms with Crippen LogP contribution >= 0.6 is 0 Å². The number of aryl methyl sites for hydroxylation is 1. The Bertz CT molecular complexity index is 781. The fraction of sp³-hybridized carbons (Fsp3) is 0.333. The standard InChI is InChI=1S/C21H23FN2O2/c1-15-4-2-3-5-17(15)14-20(25)24-12-10-16(11-13-24)21(26)23-19-8-6-18(22)7-9-19/h2-9,16H,10-14H2,1H3,(H,23,26). The number of nitrogens with zero attached hydrogens (tertiary/aromatic N) is 1. The molecule has 1 aliphatic rings. The highest BCUT2D eigenvalue weighted by Gasteiger charge is 2.27. The highest BCUT2D eigenvalue weighted by Crippen LogP contribution is 2.21. The smallest absolute Gasteiger partial charge is 0.227 e. The largest absolute Gasteiger partial charge is 0.342 e. The number of nitrogens with one attached hydrogen (secondary N) is 1. The maximum absolute atomic E-state index is 12.9. The Hall–Kier alpha value is -2.69. The van der Waals surface area contributed by atoms with Crippen molar-refractivity contribution >= 4 is 17.5 Å². The van der Waals surface area contributed by atoms with E-state index in [1.807, 2.05) is 36.1 Å². The maximum atomic E-state index is 12.9. The summed E-state index contributed by atoms with van der Waals surface area (Å²) in [5, 5.41) is 2.82. The number of anilines is 1. The molecule has 26 heavy (non-hydrogen) atoms. The third kappa shape index (κ3) is 4.48. The molecule has 0 radical (unpaired) electrons. The van der Waals surface area contributed by atoms with Crippen molar-refractivity contribution in [3.05, 3.63) is 65.5 Å². The third-order valence-corrected chi connectivity index (χ3v) is 4.93. The van der Waals surface area contributed by atoms with Gasteiger partial charge in [-0.15, -0.1) is 0 Å². The van der Waals surface area contributed by atoms with E-state index < -0.39 is 0 Å². The van der Waals surface area contributed by atoms with Gasteiger partial charge in [0.25, 0.3) is 0 Å². The number of halogens is 1. The van der Waals surface area contributed by atoms with Gasteiger partial charge in [0.15, 0.2) is 0 Å². The van der Waals surface area contributed by atoms with Crippen molar-refractivity contribution in [2.45, 2.75) is 26.2 Å². The van der Waals surface area contributed by atoms with Crippen molar-refractivity contribution in [3.8, 4) is 0 Å². The first-order valence-electron chi connectivity index (χ1n) is 8.91. The lowest BCUT2D eigenvalue weighted by Crippen LogP contribution is -2.42. The van der Waals surface area contributed by atoms with Crippen LogP contribution in [0.15, 0.2) is 48.5 Å². The summed E-state index contributed by atoms with van der Waals surface area (Å²) < 4.78 is 12.9. The van der Waals surface area contributed by atoms with E-state index in [0.29, 0.717) is 38.0 Å². The summed E-state index contributed by atoms with van der Waals surface area (Å²) >= 11 is 0.